The van der Waals surface area contributed by atoms with Gasteiger partial charge >= 0.3 is 5.97 Å². The molecular weight excluding hydrogens is 244 g/mol. The third-order valence-electron chi connectivity index (χ3n) is 3.23. The third kappa shape index (κ3) is 3.12. The summed E-state index contributed by atoms with van der Waals surface area (Å²) in [5.74, 6) is -2.37. The van der Waals surface area contributed by atoms with Gasteiger partial charge in [0.15, 0.2) is 5.54 Å². The first-order chi connectivity index (χ1) is 8.80. The molecule has 0 saturated heterocycles. The quantitative estimate of drug-likeness (QED) is 0.780. The number of carbonyl (C=O) groups excluding carboxylic acids is 1. The van der Waals surface area contributed by atoms with Gasteiger partial charge in [0.2, 0.25) is 0 Å². The Morgan fingerprint density at radius 3 is 2.26 bits per heavy atom. The summed E-state index contributed by atoms with van der Waals surface area (Å²) >= 11 is 0. The molecule has 1 aromatic rings. The molecule has 0 fully saturated rings. The predicted octanol–water partition coefficient (Wildman–Crippen LogP) is 1.08. The number of carbonyl (C=O) groups is 2. The molecule has 0 radical (unpaired) electrons. The number of likely N-dealkylation sites (N-methyl/N-ethyl adjacent to an activating group) is 1. The van der Waals surface area contributed by atoms with Gasteiger partial charge in [-0.3, -0.25) is 4.79 Å². The Balaban J connectivity index is 2.90. The SMILES string of the molecule is CC(C)[C@@](N)(C(=O)O)C(=O)N(C)Cc1ccccc1. The summed E-state index contributed by atoms with van der Waals surface area (Å²) in [4.78, 5) is 24.9. The van der Waals surface area contributed by atoms with Gasteiger partial charge in [-0.1, -0.05) is 44.2 Å². The number of carboxylic acid groups (broad SMARTS) is 1. The van der Waals surface area contributed by atoms with Crippen LogP contribution in [0.3, 0.4) is 0 Å². The van der Waals surface area contributed by atoms with E-state index in [9.17, 15) is 14.7 Å². The van der Waals surface area contributed by atoms with Gasteiger partial charge in [-0.25, -0.2) is 4.79 Å². The second kappa shape index (κ2) is 5.84. The molecule has 0 aliphatic heterocycles. The maximum absolute atomic E-state index is 12.3. The first-order valence-electron chi connectivity index (χ1n) is 6.12. The van der Waals surface area contributed by atoms with E-state index in [0.717, 1.165) is 5.56 Å². The van der Waals surface area contributed by atoms with Gasteiger partial charge in [-0.15, -0.1) is 0 Å². The summed E-state index contributed by atoms with van der Waals surface area (Å²) in [6.45, 7) is 3.59. The standard InChI is InChI=1S/C14H20N2O3/c1-10(2)14(15,13(18)19)12(17)16(3)9-11-7-5-4-6-8-11/h4-8,10H,9,15H2,1-3H3,(H,18,19)/t14-/m0/s1. The summed E-state index contributed by atoms with van der Waals surface area (Å²) in [5, 5.41) is 9.22. The van der Waals surface area contributed by atoms with E-state index in [4.69, 9.17) is 5.73 Å². The van der Waals surface area contributed by atoms with Crippen molar-refractivity contribution in [3.8, 4) is 0 Å². The molecule has 1 rings (SSSR count). The number of nitrogens with zero attached hydrogens (tertiary/aromatic N) is 1. The summed E-state index contributed by atoms with van der Waals surface area (Å²) in [6, 6.07) is 9.35. The van der Waals surface area contributed by atoms with Gasteiger partial charge in [0.05, 0.1) is 0 Å². The first-order valence-corrected chi connectivity index (χ1v) is 6.12. The molecule has 0 aliphatic rings. The maximum atomic E-state index is 12.3. The number of benzene rings is 1. The van der Waals surface area contributed by atoms with Crippen LogP contribution < -0.4 is 5.73 Å². The summed E-state index contributed by atoms with van der Waals surface area (Å²) in [7, 11) is 1.56. The van der Waals surface area contributed by atoms with Gasteiger partial charge in [-0.05, 0) is 11.5 Å². The largest absolute Gasteiger partial charge is 0.479 e. The van der Waals surface area contributed by atoms with Crippen molar-refractivity contribution in [3.63, 3.8) is 0 Å². The van der Waals surface area contributed by atoms with Gasteiger partial charge in [0.1, 0.15) is 0 Å². The molecule has 5 heteroatoms. The fourth-order valence-corrected chi connectivity index (χ4v) is 1.83. The smallest absolute Gasteiger partial charge is 0.333 e. The minimum atomic E-state index is -1.89. The molecule has 0 heterocycles. The van der Waals surface area contributed by atoms with Crippen molar-refractivity contribution >= 4 is 11.9 Å². The summed E-state index contributed by atoms with van der Waals surface area (Å²) in [5.41, 5.74) is 4.83. The zero-order valence-electron chi connectivity index (χ0n) is 11.5. The lowest BCUT2D eigenvalue weighted by molar-refractivity contribution is -0.155. The number of amides is 1. The lowest BCUT2D eigenvalue weighted by atomic mass is 9.86. The lowest BCUT2D eigenvalue weighted by Crippen LogP contribution is -2.63. The van der Waals surface area contributed by atoms with Crippen molar-refractivity contribution in [2.24, 2.45) is 11.7 Å². The molecule has 1 atom stereocenters. The van der Waals surface area contributed by atoms with E-state index in [1.54, 1.807) is 20.9 Å². The van der Waals surface area contributed by atoms with Crippen molar-refractivity contribution in [2.75, 3.05) is 7.05 Å². The average molecular weight is 264 g/mol. The van der Waals surface area contributed by atoms with E-state index in [1.165, 1.54) is 4.90 Å². The molecule has 0 aromatic heterocycles. The van der Waals surface area contributed by atoms with Crippen LogP contribution in [0.5, 0.6) is 0 Å². The second-order valence-electron chi connectivity index (χ2n) is 4.98. The molecule has 0 spiro atoms. The summed E-state index contributed by atoms with van der Waals surface area (Å²) < 4.78 is 0. The van der Waals surface area contributed by atoms with Crippen LogP contribution in [0.25, 0.3) is 0 Å². The Kier molecular flexibility index (Phi) is 4.67. The molecule has 0 unspecified atom stereocenters. The molecule has 104 valence electrons. The van der Waals surface area contributed by atoms with Crippen LogP contribution in [0, 0.1) is 5.92 Å². The molecule has 0 saturated carbocycles. The maximum Gasteiger partial charge on any atom is 0.333 e. The molecule has 1 aromatic carbocycles. The minimum Gasteiger partial charge on any atom is -0.479 e. The van der Waals surface area contributed by atoms with Gasteiger partial charge in [0.25, 0.3) is 5.91 Å². The van der Waals surface area contributed by atoms with Crippen molar-refractivity contribution < 1.29 is 14.7 Å². The monoisotopic (exact) mass is 264 g/mol. The zero-order valence-corrected chi connectivity index (χ0v) is 11.5. The Hall–Kier alpha value is -1.88. The van der Waals surface area contributed by atoms with Crippen LogP contribution in [-0.2, 0) is 16.1 Å². The highest BCUT2D eigenvalue weighted by atomic mass is 16.4. The summed E-state index contributed by atoms with van der Waals surface area (Å²) in [6.07, 6.45) is 0. The highest BCUT2D eigenvalue weighted by Gasteiger charge is 2.46. The van der Waals surface area contributed by atoms with Gasteiger partial charge < -0.3 is 15.7 Å². The van der Waals surface area contributed by atoms with Crippen LogP contribution in [0.15, 0.2) is 30.3 Å². The van der Waals surface area contributed by atoms with Crippen LogP contribution in [0.1, 0.15) is 19.4 Å². The highest BCUT2D eigenvalue weighted by Crippen LogP contribution is 2.18. The molecule has 5 nitrogen and oxygen atoms in total. The Morgan fingerprint density at radius 1 is 1.32 bits per heavy atom. The number of rotatable bonds is 5. The van der Waals surface area contributed by atoms with Crippen molar-refractivity contribution in [1.82, 2.24) is 4.90 Å². The van der Waals surface area contributed by atoms with Gasteiger partial charge in [0, 0.05) is 13.6 Å². The topological polar surface area (TPSA) is 83.6 Å². The highest BCUT2D eigenvalue weighted by molar-refractivity contribution is 6.06. The molecule has 0 bridgehead atoms. The molecule has 3 N–H and O–H groups in total. The first kappa shape index (κ1) is 15.2. The average Bonchev–Trinajstić information content (AvgIpc) is 2.37. The van der Waals surface area contributed by atoms with E-state index >= 15 is 0 Å². The van der Waals surface area contributed by atoms with Crippen molar-refractivity contribution in [1.29, 1.82) is 0 Å². The zero-order chi connectivity index (χ0) is 14.6. The number of nitrogens with two attached hydrogens (primary N) is 1. The lowest BCUT2D eigenvalue weighted by Gasteiger charge is -2.31. The van der Waals surface area contributed by atoms with Gasteiger partial charge in [-0.2, -0.15) is 0 Å². The number of aliphatic carboxylic acids is 1. The van der Waals surface area contributed by atoms with E-state index in [-0.39, 0.29) is 0 Å². The number of carboxylic acids is 1. The fraction of sp³-hybridized carbons (Fsp3) is 0.429. The molecular formula is C14H20N2O3. The molecule has 19 heavy (non-hydrogen) atoms. The van der Waals surface area contributed by atoms with Crippen molar-refractivity contribution in [2.45, 2.75) is 25.9 Å². The predicted molar refractivity (Wildman–Crippen MR) is 72.3 cm³/mol. The molecule has 0 aliphatic carbocycles. The Morgan fingerprint density at radius 2 is 1.84 bits per heavy atom. The second-order valence-corrected chi connectivity index (χ2v) is 4.98. The number of hydrogen-bond acceptors (Lipinski definition) is 3. The third-order valence-corrected chi connectivity index (χ3v) is 3.23. The Bertz CT molecular complexity index is 459. The van der Waals surface area contributed by atoms with Crippen LogP contribution in [0.2, 0.25) is 0 Å². The van der Waals surface area contributed by atoms with E-state index in [0.29, 0.717) is 6.54 Å². The minimum absolute atomic E-state index is 0.332. The van der Waals surface area contributed by atoms with E-state index < -0.39 is 23.3 Å². The van der Waals surface area contributed by atoms with Crippen LogP contribution in [-0.4, -0.2) is 34.5 Å². The number of hydrogen-bond donors (Lipinski definition) is 2. The Labute approximate surface area is 113 Å². The van der Waals surface area contributed by atoms with E-state index in [1.807, 2.05) is 30.3 Å². The van der Waals surface area contributed by atoms with Crippen LogP contribution >= 0.6 is 0 Å². The van der Waals surface area contributed by atoms with Crippen molar-refractivity contribution in [3.05, 3.63) is 35.9 Å². The fourth-order valence-electron chi connectivity index (χ4n) is 1.83. The van der Waals surface area contributed by atoms with Crippen LogP contribution in [0.4, 0.5) is 0 Å². The van der Waals surface area contributed by atoms with E-state index in [2.05, 4.69) is 0 Å². The normalized spacial score (nSPS) is 13.9. The molecule has 1 amide bonds.